The molecule has 0 fully saturated rings. The van der Waals surface area contributed by atoms with Gasteiger partial charge in [0.05, 0.1) is 0 Å². The summed E-state index contributed by atoms with van der Waals surface area (Å²) in [6.07, 6.45) is 0. The van der Waals surface area contributed by atoms with Crippen LogP contribution < -0.4 is 4.65 Å². The van der Waals surface area contributed by atoms with Crippen LogP contribution in [0.25, 0.3) is 21.5 Å². The van der Waals surface area contributed by atoms with E-state index < -0.39 is 7.32 Å². The van der Waals surface area contributed by atoms with Gasteiger partial charge >= 0.3 is 7.32 Å². The molecule has 0 aliphatic heterocycles. The van der Waals surface area contributed by atoms with Crippen molar-refractivity contribution in [3.63, 3.8) is 0 Å². The maximum Gasteiger partial charge on any atom is 0.707 e. The van der Waals surface area contributed by atoms with Crippen LogP contribution in [0.5, 0.6) is 11.5 Å². The second-order valence-electron chi connectivity index (χ2n) is 4.30. The smallest absolute Gasteiger partial charge is 0.512 e. The lowest BCUT2D eigenvalue weighted by molar-refractivity contribution is 0.288. The molecule has 0 bridgehead atoms. The number of hydrogen-bond donors (Lipinski definition) is 3. The third kappa shape index (κ3) is 2.21. The van der Waals surface area contributed by atoms with Gasteiger partial charge in [0.25, 0.3) is 0 Å². The van der Waals surface area contributed by atoms with Gasteiger partial charge in [-0.15, -0.1) is 0 Å². The van der Waals surface area contributed by atoms with E-state index in [0.29, 0.717) is 5.75 Å². The van der Waals surface area contributed by atoms with Gasteiger partial charge in [-0.05, 0) is 45.8 Å². The predicted octanol–water partition coefficient (Wildman–Crippen LogP) is 2.05. The lowest BCUT2D eigenvalue weighted by atomic mass is 10.0. The van der Waals surface area contributed by atoms with Crippen molar-refractivity contribution in [3.8, 4) is 11.5 Å². The maximum absolute atomic E-state index is 9.47. The molecule has 0 aliphatic carbocycles. The normalized spacial score (nSPS) is 10.8. The van der Waals surface area contributed by atoms with Crippen LogP contribution >= 0.6 is 0 Å². The highest BCUT2D eigenvalue weighted by molar-refractivity contribution is 6.33. The van der Waals surface area contributed by atoms with E-state index in [1.165, 1.54) is 0 Å². The predicted molar refractivity (Wildman–Crippen MR) is 73.9 cm³/mol. The molecule has 3 N–H and O–H groups in total. The lowest BCUT2D eigenvalue weighted by Gasteiger charge is -2.08. The summed E-state index contributed by atoms with van der Waals surface area (Å²) in [4.78, 5) is 0. The van der Waals surface area contributed by atoms with Gasteiger partial charge in [-0.1, -0.05) is 24.3 Å². The molecule has 0 radical (unpaired) electrons. The van der Waals surface area contributed by atoms with Crippen LogP contribution in [0, 0.1) is 0 Å². The van der Waals surface area contributed by atoms with Gasteiger partial charge in [-0.25, -0.2) is 0 Å². The molecule has 0 heterocycles. The zero-order chi connectivity index (χ0) is 13.4. The summed E-state index contributed by atoms with van der Waals surface area (Å²) in [7, 11) is -1.82. The topological polar surface area (TPSA) is 69.9 Å². The molecule has 0 spiro atoms. The molecule has 4 nitrogen and oxygen atoms in total. The highest BCUT2D eigenvalue weighted by atomic mass is 16.6. The minimum atomic E-state index is -1.82. The van der Waals surface area contributed by atoms with Crippen LogP contribution in [0.4, 0.5) is 0 Å². The Morgan fingerprint density at radius 3 is 2.11 bits per heavy atom. The van der Waals surface area contributed by atoms with Gasteiger partial charge in [0, 0.05) is 0 Å². The van der Waals surface area contributed by atoms with Crippen molar-refractivity contribution in [2.45, 2.75) is 0 Å². The van der Waals surface area contributed by atoms with Crippen LogP contribution in [0.1, 0.15) is 0 Å². The number of phenolic OH excluding ortho intramolecular Hbond substituents is 1. The van der Waals surface area contributed by atoms with E-state index in [4.69, 9.17) is 14.7 Å². The third-order valence-corrected chi connectivity index (χ3v) is 3.03. The Labute approximate surface area is 109 Å². The Morgan fingerprint density at radius 1 is 0.789 bits per heavy atom. The van der Waals surface area contributed by atoms with Crippen LogP contribution in [0.3, 0.4) is 0 Å². The fourth-order valence-corrected chi connectivity index (χ4v) is 2.23. The summed E-state index contributed by atoms with van der Waals surface area (Å²) >= 11 is 0. The number of fused-ring (bicyclic) bond motifs is 3. The van der Waals surface area contributed by atoms with Gasteiger partial charge < -0.3 is 19.8 Å². The largest absolute Gasteiger partial charge is 0.707 e. The van der Waals surface area contributed by atoms with Crippen molar-refractivity contribution in [1.82, 2.24) is 0 Å². The first-order chi connectivity index (χ1) is 9.13. The van der Waals surface area contributed by atoms with E-state index in [9.17, 15) is 5.11 Å². The van der Waals surface area contributed by atoms with Crippen molar-refractivity contribution in [1.29, 1.82) is 0 Å². The van der Waals surface area contributed by atoms with E-state index in [2.05, 4.69) is 0 Å². The first-order valence-corrected chi connectivity index (χ1v) is 5.82. The first kappa shape index (κ1) is 11.8. The minimum absolute atomic E-state index is 0.232. The molecule has 0 saturated carbocycles. The van der Waals surface area contributed by atoms with E-state index in [0.717, 1.165) is 21.5 Å². The summed E-state index contributed by atoms with van der Waals surface area (Å²) < 4.78 is 4.82. The Bertz CT molecular complexity index is 755. The van der Waals surface area contributed by atoms with Crippen molar-refractivity contribution >= 4 is 28.9 Å². The van der Waals surface area contributed by atoms with Crippen LogP contribution in [0.2, 0.25) is 0 Å². The first-order valence-electron chi connectivity index (χ1n) is 5.82. The SMILES string of the molecule is OB(O)Oc1ccc2c(ccc3cc(O)ccc32)c1. The molecule has 0 unspecified atom stereocenters. The van der Waals surface area contributed by atoms with Gasteiger partial charge in [0.2, 0.25) is 0 Å². The fraction of sp³-hybridized carbons (Fsp3) is 0. The molecule has 5 heteroatoms. The van der Waals surface area contributed by atoms with Crippen molar-refractivity contribution in [2.75, 3.05) is 0 Å². The molecule has 3 aromatic rings. The zero-order valence-corrected chi connectivity index (χ0v) is 9.95. The summed E-state index contributed by atoms with van der Waals surface area (Å²) in [6, 6.07) is 14.3. The van der Waals surface area contributed by atoms with Crippen molar-refractivity contribution in [2.24, 2.45) is 0 Å². The van der Waals surface area contributed by atoms with E-state index in [-0.39, 0.29) is 5.75 Å². The average Bonchev–Trinajstić information content (AvgIpc) is 2.37. The quantitative estimate of drug-likeness (QED) is 0.483. The molecule has 0 aromatic heterocycles. The standard InChI is InChI=1S/C14H11BO4/c16-11-3-5-13-9(7-11)1-2-10-8-12(19-15(17)18)4-6-14(10)13/h1-8,16-18H. The molecule has 94 valence electrons. The number of benzene rings is 3. The summed E-state index contributed by atoms with van der Waals surface area (Å²) in [5.74, 6) is 0.621. The molecule has 0 aliphatic rings. The second kappa shape index (κ2) is 4.46. The zero-order valence-electron chi connectivity index (χ0n) is 9.95. The third-order valence-electron chi connectivity index (χ3n) is 3.03. The summed E-state index contributed by atoms with van der Waals surface area (Å²) in [5, 5.41) is 30.9. The Morgan fingerprint density at radius 2 is 1.42 bits per heavy atom. The summed E-state index contributed by atoms with van der Waals surface area (Å²) in [5.41, 5.74) is 0. The highest BCUT2D eigenvalue weighted by Gasteiger charge is 2.11. The molecule has 19 heavy (non-hydrogen) atoms. The number of rotatable bonds is 2. The molecule has 0 amide bonds. The number of hydrogen-bond acceptors (Lipinski definition) is 4. The van der Waals surface area contributed by atoms with Gasteiger partial charge in [-0.3, -0.25) is 0 Å². The molecule has 3 aromatic carbocycles. The van der Waals surface area contributed by atoms with Gasteiger partial charge in [-0.2, -0.15) is 0 Å². The molecular weight excluding hydrogens is 243 g/mol. The van der Waals surface area contributed by atoms with Gasteiger partial charge in [0.15, 0.2) is 0 Å². The van der Waals surface area contributed by atoms with E-state index >= 15 is 0 Å². The highest BCUT2D eigenvalue weighted by Crippen LogP contribution is 2.30. The number of aromatic hydroxyl groups is 1. The molecule has 3 rings (SSSR count). The maximum atomic E-state index is 9.47. The lowest BCUT2D eigenvalue weighted by Crippen LogP contribution is -2.20. The van der Waals surface area contributed by atoms with Gasteiger partial charge in [0.1, 0.15) is 11.5 Å². The van der Waals surface area contributed by atoms with Crippen LogP contribution in [-0.4, -0.2) is 22.5 Å². The van der Waals surface area contributed by atoms with Crippen LogP contribution in [0.15, 0.2) is 48.5 Å². The Balaban J connectivity index is 2.21. The van der Waals surface area contributed by atoms with E-state index in [1.54, 1.807) is 24.3 Å². The van der Waals surface area contributed by atoms with Crippen molar-refractivity contribution in [3.05, 3.63) is 48.5 Å². The minimum Gasteiger partial charge on any atom is -0.512 e. The van der Waals surface area contributed by atoms with Crippen LogP contribution in [-0.2, 0) is 0 Å². The summed E-state index contributed by atoms with van der Waals surface area (Å²) in [6.45, 7) is 0. The van der Waals surface area contributed by atoms with Crippen molar-refractivity contribution < 1.29 is 19.8 Å². The Hall–Kier alpha value is -2.24. The van der Waals surface area contributed by atoms with E-state index in [1.807, 2.05) is 24.3 Å². The fourth-order valence-electron chi connectivity index (χ4n) is 2.23. The molecular formula is C14H11BO4. The second-order valence-corrected chi connectivity index (χ2v) is 4.30. The Kier molecular flexibility index (Phi) is 2.78. The average molecular weight is 254 g/mol. The molecule has 0 atom stereocenters. The number of phenols is 1. The monoisotopic (exact) mass is 254 g/mol. The molecule has 0 saturated heterocycles.